The molecule has 1 N–H and O–H groups in total. The van der Waals surface area contributed by atoms with Crippen LogP contribution in [-0.4, -0.2) is 26.6 Å². The standard InChI is InChI=1S/C28H41N5OS/c1-4-32-27(35-33(21(2)3)28(32)34)30-20-14-8-6-5-7-13-19-29-26-22-15-9-11-17-24(22)31-25-18-12-10-16-23(25)26/h9,11,15,17,21H,4-8,10,12-14,16,18-20H2,1-3H3,(H,29,31). The first-order valence-corrected chi connectivity index (χ1v) is 14.3. The van der Waals surface area contributed by atoms with Crippen molar-refractivity contribution in [2.45, 2.75) is 97.6 Å². The van der Waals surface area contributed by atoms with Gasteiger partial charge in [0.1, 0.15) is 0 Å². The maximum Gasteiger partial charge on any atom is 0.340 e. The van der Waals surface area contributed by atoms with Gasteiger partial charge >= 0.3 is 5.69 Å². The van der Waals surface area contributed by atoms with E-state index in [9.17, 15) is 4.79 Å². The number of nitrogens with one attached hydrogen (secondary N) is 1. The number of fused-ring (bicyclic) bond motifs is 2. The van der Waals surface area contributed by atoms with E-state index in [-0.39, 0.29) is 11.7 Å². The molecule has 0 atom stereocenters. The van der Waals surface area contributed by atoms with Crippen molar-refractivity contribution in [2.75, 3.05) is 18.4 Å². The fraction of sp³-hybridized carbons (Fsp3) is 0.607. The summed E-state index contributed by atoms with van der Waals surface area (Å²) in [5, 5.41) is 5.06. The Bertz CT molecular complexity index is 1240. The number of rotatable bonds is 12. The summed E-state index contributed by atoms with van der Waals surface area (Å²) in [6.07, 6.45) is 12.1. The third-order valence-electron chi connectivity index (χ3n) is 6.92. The molecule has 0 fully saturated rings. The Balaban J connectivity index is 1.19. The second kappa shape index (κ2) is 12.5. The lowest BCUT2D eigenvalue weighted by atomic mass is 9.92. The fourth-order valence-corrected chi connectivity index (χ4v) is 6.01. The minimum atomic E-state index is 0.0696. The van der Waals surface area contributed by atoms with Crippen molar-refractivity contribution in [2.24, 2.45) is 4.99 Å². The third kappa shape index (κ3) is 6.24. The van der Waals surface area contributed by atoms with Gasteiger partial charge in [-0.25, -0.2) is 8.75 Å². The van der Waals surface area contributed by atoms with E-state index in [0.29, 0.717) is 6.54 Å². The molecule has 7 heteroatoms. The number of unbranched alkanes of at least 4 members (excludes halogenated alkanes) is 5. The maximum absolute atomic E-state index is 12.4. The highest BCUT2D eigenvalue weighted by Gasteiger charge is 2.17. The monoisotopic (exact) mass is 495 g/mol. The van der Waals surface area contributed by atoms with Gasteiger partial charge in [-0.2, -0.15) is 0 Å². The Kier molecular flexibility index (Phi) is 9.18. The predicted molar refractivity (Wildman–Crippen MR) is 148 cm³/mol. The highest BCUT2D eigenvalue weighted by Crippen LogP contribution is 2.33. The molecule has 1 aliphatic carbocycles. The van der Waals surface area contributed by atoms with E-state index in [4.69, 9.17) is 9.98 Å². The summed E-state index contributed by atoms with van der Waals surface area (Å²) < 4.78 is 3.61. The van der Waals surface area contributed by atoms with Gasteiger partial charge in [-0.15, -0.1) is 0 Å². The maximum atomic E-state index is 12.4. The Labute approximate surface area is 213 Å². The minimum absolute atomic E-state index is 0.0696. The van der Waals surface area contributed by atoms with Crippen LogP contribution in [0, 0.1) is 0 Å². The largest absolute Gasteiger partial charge is 0.384 e. The number of aromatic nitrogens is 3. The number of hydrogen-bond donors (Lipinski definition) is 1. The molecule has 0 saturated carbocycles. The van der Waals surface area contributed by atoms with Crippen LogP contribution in [0.3, 0.4) is 0 Å². The normalized spacial score (nSPS) is 14.1. The molecule has 190 valence electrons. The zero-order valence-corrected chi connectivity index (χ0v) is 22.5. The van der Waals surface area contributed by atoms with E-state index < -0.39 is 0 Å². The molecule has 0 aliphatic heterocycles. The first-order valence-electron chi connectivity index (χ1n) is 13.6. The van der Waals surface area contributed by atoms with Gasteiger partial charge in [0, 0.05) is 42.4 Å². The van der Waals surface area contributed by atoms with Gasteiger partial charge in [0.25, 0.3) is 0 Å². The van der Waals surface area contributed by atoms with Crippen molar-refractivity contribution in [3.63, 3.8) is 0 Å². The summed E-state index contributed by atoms with van der Waals surface area (Å²) in [4.78, 5) is 23.0. The zero-order valence-electron chi connectivity index (χ0n) is 21.7. The first kappa shape index (κ1) is 25.7. The molecule has 0 amide bonds. The van der Waals surface area contributed by atoms with Gasteiger partial charge in [-0.1, -0.05) is 43.9 Å². The van der Waals surface area contributed by atoms with Crippen LogP contribution < -0.4 is 15.8 Å². The van der Waals surface area contributed by atoms with Crippen LogP contribution in [0.2, 0.25) is 0 Å². The molecule has 4 rings (SSSR count). The van der Waals surface area contributed by atoms with Crippen LogP contribution in [-0.2, 0) is 19.4 Å². The number of benzene rings is 1. The van der Waals surface area contributed by atoms with Crippen LogP contribution >= 0.6 is 11.5 Å². The molecule has 1 aromatic carbocycles. The Morgan fingerprint density at radius 1 is 1.06 bits per heavy atom. The van der Waals surface area contributed by atoms with Gasteiger partial charge in [-0.05, 0) is 82.5 Å². The summed E-state index contributed by atoms with van der Waals surface area (Å²) >= 11 is 1.49. The Morgan fingerprint density at radius 2 is 1.80 bits per heavy atom. The average Bonchev–Trinajstić information content (AvgIpc) is 3.19. The number of aryl methyl sites for hydroxylation is 1. The van der Waals surface area contributed by atoms with Gasteiger partial charge < -0.3 is 5.32 Å². The predicted octanol–water partition coefficient (Wildman–Crippen LogP) is 6.09. The van der Waals surface area contributed by atoms with Crippen molar-refractivity contribution in [1.82, 2.24) is 13.5 Å². The molecule has 0 saturated heterocycles. The highest BCUT2D eigenvalue weighted by atomic mass is 32.1. The van der Waals surface area contributed by atoms with E-state index in [1.165, 1.54) is 78.8 Å². The molecular weight excluding hydrogens is 454 g/mol. The number of nitrogens with zero attached hydrogens (tertiary/aromatic N) is 4. The number of para-hydroxylation sites is 1. The van der Waals surface area contributed by atoms with Crippen LogP contribution in [0.25, 0.3) is 10.9 Å². The van der Waals surface area contributed by atoms with Gasteiger partial charge in [0.05, 0.1) is 5.52 Å². The lowest BCUT2D eigenvalue weighted by molar-refractivity contribution is 0.575. The summed E-state index contributed by atoms with van der Waals surface area (Å²) in [7, 11) is 0. The Morgan fingerprint density at radius 3 is 2.60 bits per heavy atom. The minimum Gasteiger partial charge on any atom is -0.384 e. The molecule has 35 heavy (non-hydrogen) atoms. The molecule has 1 aliphatic rings. The molecular formula is C28H41N5OS. The number of hydrogen-bond acceptors (Lipinski definition) is 5. The lowest BCUT2D eigenvalue weighted by Crippen LogP contribution is -2.29. The van der Waals surface area contributed by atoms with Crippen molar-refractivity contribution < 1.29 is 0 Å². The molecule has 0 spiro atoms. The number of anilines is 1. The van der Waals surface area contributed by atoms with Crippen molar-refractivity contribution in [3.8, 4) is 0 Å². The van der Waals surface area contributed by atoms with Gasteiger partial charge in [0.2, 0.25) is 4.80 Å². The quantitative estimate of drug-likeness (QED) is 0.309. The van der Waals surface area contributed by atoms with Crippen LogP contribution in [0.4, 0.5) is 5.69 Å². The average molecular weight is 496 g/mol. The molecule has 0 unspecified atom stereocenters. The van der Waals surface area contributed by atoms with Crippen LogP contribution in [0.15, 0.2) is 34.1 Å². The molecule has 2 aromatic heterocycles. The topological polar surface area (TPSA) is 64.2 Å². The highest BCUT2D eigenvalue weighted by molar-refractivity contribution is 7.03. The second-order valence-corrected chi connectivity index (χ2v) is 10.8. The molecule has 6 nitrogen and oxygen atoms in total. The first-order chi connectivity index (χ1) is 17.1. The summed E-state index contributed by atoms with van der Waals surface area (Å²) in [5.74, 6) is 0. The van der Waals surface area contributed by atoms with E-state index in [1.54, 1.807) is 4.57 Å². The van der Waals surface area contributed by atoms with Crippen molar-refractivity contribution in [1.29, 1.82) is 0 Å². The lowest BCUT2D eigenvalue weighted by Gasteiger charge is -2.21. The molecule has 3 aromatic rings. The summed E-state index contributed by atoms with van der Waals surface area (Å²) in [6, 6.07) is 8.75. The Hall–Kier alpha value is -2.41. The van der Waals surface area contributed by atoms with Crippen LogP contribution in [0.1, 0.15) is 89.4 Å². The summed E-state index contributed by atoms with van der Waals surface area (Å²) in [6.45, 7) is 8.62. The van der Waals surface area contributed by atoms with E-state index in [1.807, 2.05) is 24.7 Å². The van der Waals surface area contributed by atoms with Crippen molar-refractivity contribution in [3.05, 3.63) is 50.8 Å². The summed E-state index contributed by atoms with van der Waals surface area (Å²) in [5.41, 5.74) is 5.29. The molecule has 0 bridgehead atoms. The van der Waals surface area contributed by atoms with E-state index in [2.05, 4.69) is 29.6 Å². The van der Waals surface area contributed by atoms with Crippen LogP contribution in [0.5, 0.6) is 0 Å². The van der Waals surface area contributed by atoms with Gasteiger partial charge in [0.15, 0.2) is 0 Å². The van der Waals surface area contributed by atoms with E-state index >= 15 is 0 Å². The van der Waals surface area contributed by atoms with Crippen molar-refractivity contribution >= 4 is 28.1 Å². The second-order valence-electron chi connectivity index (χ2n) is 9.89. The third-order valence-corrected chi connectivity index (χ3v) is 8.21. The molecule has 0 radical (unpaired) electrons. The van der Waals surface area contributed by atoms with Gasteiger partial charge in [-0.3, -0.25) is 14.5 Å². The molecule has 2 heterocycles. The van der Waals surface area contributed by atoms with E-state index in [0.717, 1.165) is 42.7 Å². The smallest absolute Gasteiger partial charge is 0.340 e. The number of pyridine rings is 1. The zero-order chi connectivity index (χ0) is 24.6. The fourth-order valence-electron chi connectivity index (χ4n) is 4.99. The SMILES string of the molecule is CCn1c(=NCCCCCCCCNc2c3c(nc4ccccc24)CCCC3)sn(C(C)C)c1=O.